The van der Waals surface area contributed by atoms with Crippen molar-refractivity contribution in [2.24, 2.45) is 0 Å². The Balaban J connectivity index is 2.55. The van der Waals surface area contributed by atoms with E-state index in [1.165, 1.54) is 13.2 Å². The molecule has 1 aromatic carbocycles. The molecule has 0 fully saturated rings. The molecule has 0 aliphatic heterocycles. The Hall–Kier alpha value is -0.490. The second-order valence-electron chi connectivity index (χ2n) is 4.04. The normalized spacial score (nSPS) is 13.1. The highest BCUT2D eigenvalue weighted by Crippen LogP contribution is 2.16. The lowest BCUT2D eigenvalue weighted by Crippen LogP contribution is -2.31. The first-order valence-electron chi connectivity index (χ1n) is 5.32. The molecule has 1 rings (SSSR count). The van der Waals surface area contributed by atoms with Gasteiger partial charge in [-0.25, -0.2) is 4.39 Å². The zero-order chi connectivity index (χ0) is 12.8. The number of likely N-dealkylation sites (N-methyl/N-ethyl adjacent to an activating group) is 1. The molecule has 1 N–H and O–H groups in total. The molecule has 0 heterocycles. The van der Waals surface area contributed by atoms with Crippen LogP contribution in [0.1, 0.15) is 5.56 Å². The third kappa shape index (κ3) is 5.12. The molecule has 0 aliphatic carbocycles. The van der Waals surface area contributed by atoms with Gasteiger partial charge in [0.25, 0.3) is 0 Å². The maximum absolute atomic E-state index is 13.5. The molecule has 1 atom stereocenters. The number of methoxy groups -OCH3 is 1. The summed E-state index contributed by atoms with van der Waals surface area (Å²) in [6.45, 7) is 1.18. The van der Waals surface area contributed by atoms with Crippen molar-refractivity contribution in [2.45, 2.75) is 12.6 Å². The summed E-state index contributed by atoms with van der Waals surface area (Å²) in [6.07, 6.45) is -0.555. The van der Waals surface area contributed by atoms with Gasteiger partial charge < -0.3 is 9.84 Å². The summed E-state index contributed by atoms with van der Waals surface area (Å²) in [5.74, 6) is -0.235. The first kappa shape index (κ1) is 14.6. The number of ether oxygens (including phenoxy) is 1. The summed E-state index contributed by atoms with van der Waals surface area (Å²) >= 11 is 3.31. The van der Waals surface area contributed by atoms with Gasteiger partial charge in [-0.1, -0.05) is 15.9 Å². The van der Waals surface area contributed by atoms with Gasteiger partial charge in [0.05, 0.1) is 12.7 Å². The van der Waals surface area contributed by atoms with Crippen LogP contribution in [-0.4, -0.2) is 43.4 Å². The SMILES string of the molecule is COCC(O)CN(C)Cc1cc(Br)ccc1F. The van der Waals surface area contributed by atoms with Gasteiger partial charge in [0.2, 0.25) is 0 Å². The minimum absolute atomic E-state index is 0.235. The fraction of sp³-hybridized carbons (Fsp3) is 0.500. The van der Waals surface area contributed by atoms with Gasteiger partial charge in [-0.3, -0.25) is 4.90 Å². The highest BCUT2D eigenvalue weighted by Gasteiger charge is 2.10. The monoisotopic (exact) mass is 305 g/mol. The average molecular weight is 306 g/mol. The first-order valence-corrected chi connectivity index (χ1v) is 6.11. The lowest BCUT2D eigenvalue weighted by atomic mass is 10.2. The highest BCUT2D eigenvalue weighted by molar-refractivity contribution is 9.10. The second-order valence-corrected chi connectivity index (χ2v) is 4.96. The second kappa shape index (κ2) is 7.06. The van der Waals surface area contributed by atoms with Crippen LogP contribution in [-0.2, 0) is 11.3 Å². The van der Waals surface area contributed by atoms with E-state index in [0.29, 0.717) is 18.7 Å². The van der Waals surface area contributed by atoms with E-state index in [2.05, 4.69) is 15.9 Å². The van der Waals surface area contributed by atoms with Gasteiger partial charge in [-0.05, 0) is 25.2 Å². The zero-order valence-electron chi connectivity index (χ0n) is 9.99. The van der Waals surface area contributed by atoms with Crippen molar-refractivity contribution in [3.05, 3.63) is 34.1 Å². The molecular weight excluding hydrogens is 289 g/mol. The van der Waals surface area contributed by atoms with Crippen LogP contribution in [0.25, 0.3) is 0 Å². The molecule has 5 heteroatoms. The molecule has 1 aromatic rings. The molecule has 0 saturated heterocycles. The van der Waals surface area contributed by atoms with Gasteiger partial charge in [-0.15, -0.1) is 0 Å². The van der Waals surface area contributed by atoms with Gasteiger partial charge in [0, 0.05) is 30.2 Å². The van der Waals surface area contributed by atoms with E-state index in [4.69, 9.17) is 4.74 Å². The van der Waals surface area contributed by atoms with Crippen molar-refractivity contribution in [2.75, 3.05) is 27.3 Å². The van der Waals surface area contributed by atoms with Gasteiger partial charge >= 0.3 is 0 Å². The van der Waals surface area contributed by atoms with Crippen LogP contribution in [0.15, 0.2) is 22.7 Å². The highest BCUT2D eigenvalue weighted by atomic mass is 79.9. The number of rotatable bonds is 6. The van der Waals surface area contributed by atoms with Crippen molar-refractivity contribution in [3.8, 4) is 0 Å². The molecule has 0 saturated carbocycles. The Morgan fingerprint density at radius 2 is 2.24 bits per heavy atom. The van der Waals surface area contributed by atoms with E-state index in [1.807, 2.05) is 11.9 Å². The Bertz CT molecular complexity index is 362. The molecule has 0 aliphatic rings. The minimum Gasteiger partial charge on any atom is -0.389 e. The van der Waals surface area contributed by atoms with Gasteiger partial charge in [0.15, 0.2) is 0 Å². The quantitative estimate of drug-likeness (QED) is 0.873. The third-order valence-electron chi connectivity index (χ3n) is 2.33. The van der Waals surface area contributed by atoms with Gasteiger partial charge in [-0.2, -0.15) is 0 Å². The van der Waals surface area contributed by atoms with Gasteiger partial charge in [0.1, 0.15) is 5.82 Å². The van der Waals surface area contributed by atoms with Crippen LogP contribution in [0.3, 0.4) is 0 Å². The topological polar surface area (TPSA) is 32.7 Å². The van der Waals surface area contributed by atoms with Crippen LogP contribution in [0.5, 0.6) is 0 Å². The molecule has 0 radical (unpaired) electrons. The van der Waals surface area contributed by atoms with Crippen LogP contribution in [0, 0.1) is 5.82 Å². The van der Waals surface area contributed by atoms with E-state index in [9.17, 15) is 9.50 Å². The zero-order valence-corrected chi connectivity index (χ0v) is 11.6. The van der Waals surface area contributed by atoms with E-state index in [-0.39, 0.29) is 12.4 Å². The van der Waals surface area contributed by atoms with Crippen molar-refractivity contribution in [1.29, 1.82) is 0 Å². The summed E-state index contributed by atoms with van der Waals surface area (Å²) in [6, 6.07) is 4.84. The molecule has 0 spiro atoms. The summed E-state index contributed by atoms with van der Waals surface area (Å²) in [5, 5.41) is 9.55. The molecule has 17 heavy (non-hydrogen) atoms. The minimum atomic E-state index is -0.555. The number of aliphatic hydroxyl groups excluding tert-OH is 1. The first-order chi connectivity index (χ1) is 8.02. The molecule has 0 bridgehead atoms. The lowest BCUT2D eigenvalue weighted by molar-refractivity contribution is 0.0417. The number of hydrogen-bond acceptors (Lipinski definition) is 3. The Morgan fingerprint density at radius 3 is 2.88 bits per heavy atom. The molecular formula is C12H17BrFNO2. The van der Waals surface area contributed by atoms with E-state index in [1.54, 1.807) is 12.1 Å². The van der Waals surface area contributed by atoms with E-state index in [0.717, 1.165) is 4.47 Å². The van der Waals surface area contributed by atoms with Crippen molar-refractivity contribution in [3.63, 3.8) is 0 Å². The smallest absolute Gasteiger partial charge is 0.127 e. The van der Waals surface area contributed by atoms with E-state index < -0.39 is 6.10 Å². The molecule has 0 aromatic heterocycles. The predicted octanol–water partition coefficient (Wildman–Crippen LogP) is 2.03. The Labute approximate surface area is 109 Å². The largest absolute Gasteiger partial charge is 0.389 e. The molecule has 0 amide bonds. The molecule has 3 nitrogen and oxygen atoms in total. The van der Waals surface area contributed by atoms with Crippen LogP contribution in [0.4, 0.5) is 4.39 Å². The summed E-state index contributed by atoms with van der Waals surface area (Å²) in [7, 11) is 3.37. The predicted molar refractivity (Wildman–Crippen MR) is 68.3 cm³/mol. The number of nitrogens with zero attached hydrogens (tertiary/aromatic N) is 1. The standard InChI is InChI=1S/C12H17BrFNO2/c1-15(7-11(16)8-17-2)6-9-5-10(13)3-4-12(9)14/h3-5,11,16H,6-8H2,1-2H3. The maximum atomic E-state index is 13.5. The fourth-order valence-corrected chi connectivity index (χ4v) is 2.03. The number of benzene rings is 1. The summed E-state index contributed by atoms with van der Waals surface area (Å²) in [4.78, 5) is 1.86. The van der Waals surface area contributed by atoms with Crippen molar-refractivity contribution < 1.29 is 14.2 Å². The Morgan fingerprint density at radius 1 is 1.53 bits per heavy atom. The van der Waals surface area contributed by atoms with E-state index >= 15 is 0 Å². The number of aliphatic hydroxyl groups is 1. The molecule has 96 valence electrons. The van der Waals surface area contributed by atoms with Crippen LogP contribution in [0.2, 0.25) is 0 Å². The summed E-state index contributed by atoms with van der Waals surface area (Å²) < 4.78 is 19.2. The third-order valence-corrected chi connectivity index (χ3v) is 2.82. The van der Waals surface area contributed by atoms with Crippen LogP contribution >= 0.6 is 15.9 Å². The average Bonchev–Trinajstić information content (AvgIpc) is 2.23. The van der Waals surface area contributed by atoms with Crippen LogP contribution < -0.4 is 0 Å². The van der Waals surface area contributed by atoms with Crippen molar-refractivity contribution >= 4 is 15.9 Å². The lowest BCUT2D eigenvalue weighted by Gasteiger charge is -2.20. The fourth-order valence-electron chi connectivity index (χ4n) is 1.62. The Kier molecular flexibility index (Phi) is 6.05. The maximum Gasteiger partial charge on any atom is 0.127 e. The van der Waals surface area contributed by atoms with Crippen molar-refractivity contribution in [1.82, 2.24) is 4.90 Å². The summed E-state index contributed by atoms with van der Waals surface area (Å²) in [5.41, 5.74) is 0.603. The number of hydrogen-bond donors (Lipinski definition) is 1. The number of halogens is 2. The molecule has 1 unspecified atom stereocenters.